The van der Waals surface area contributed by atoms with E-state index in [1.54, 1.807) is 18.2 Å². The van der Waals surface area contributed by atoms with Gasteiger partial charge in [0.1, 0.15) is 23.0 Å². The highest BCUT2D eigenvalue weighted by Crippen LogP contribution is 2.29. The zero-order valence-corrected chi connectivity index (χ0v) is 10.8. The van der Waals surface area contributed by atoms with E-state index in [4.69, 9.17) is 10.3 Å². The summed E-state index contributed by atoms with van der Waals surface area (Å²) in [5.41, 5.74) is 6.99. The molecule has 0 fully saturated rings. The van der Waals surface area contributed by atoms with Crippen molar-refractivity contribution in [2.24, 2.45) is 0 Å². The lowest BCUT2D eigenvalue weighted by Gasteiger charge is -2.09. The summed E-state index contributed by atoms with van der Waals surface area (Å²) in [6, 6.07) is 6.86. The van der Waals surface area contributed by atoms with Crippen LogP contribution in [0.3, 0.4) is 0 Å². The lowest BCUT2D eigenvalue weighted by Crippen LogP contribution is -2.05. The third kappa shape index (κ3) is 2.20. The van der Waals surface area contributed by atoms with E-state index in [9.17, 15) is 5.11 Å². The molecule has 7 heteroatoms. The topological polar surface area (TPSA) is 110 Å². The molecule has 0 amide bonds. The van der Waals surface area contributed by atoms with Crippen LogP contribution in [0.25, 0.3) is 10.9 Å². The van der Waals surface area contributed by atoms with Gasteiger partial charge in [-0.15, -0.1) is 0 Å². The normalized spacial score (nSPS) is 10.8. The van der Waals surface area contributed by atoms with Gasteiger partial charge < -0.3 is 20.7 Å². The molecule has 0 radical (unpaired) electrons. The monoisotopic (exact) mass is 271 g/mol. The molecule has 0 aliphatic carbocycles. The molecule has 0 saturated heterocycles. The Kier molecular flexibility index (Phi) is 2.86. The van der Waals surface area contributed by atoms with Gasteiger partial charge in [-0.2, -0.15) is 4.98 Å². The largest absolute Gasteiger partial charge is 0.507 e. The van der Waals surface area contributed by atoms with Crippen LogP contribution in [0.15, 0.2) is 28.8 Å². The number of aromatic nitrogens is 3. The van der Waals surface area contributed by atoms with Gasteiger partial charge >= 0.3 is 0 Å². The Morgan fingerprint density at radius 2 is 2.20 bits per heavy atom. The SMILES string of the molecule is Cc1cc(CNc2nc(N)nc3cccc(O)c23)no1. The summed E-state index contributed by atoms with van der Waals surface area (Å²) in [6.07, 6.45) is 0. The summed E-state index contributed by atoms with van der Waals surface area (Å²) in [5.74, 6) is 1.44. The first-order valence-electron chi connectivity index (χ1n) is 6.05. The van der Waals surface area contributed by atoms with Crippen LogP contribution in [0.5, 0.6) is 5.75 Å². The number of nitrogen functional groups attached to an aromatic ring is 1. The number of hydrogen-bond acceptors (Lipinski definition) is 7. The van der Waals surface area contributed by atoms with Crippen molar-refractivity contribution >= 4 is 22.7 Å². The average Bonchev–Trinajstić information content (AvgIpc) is 2.81. The minimum Gasteiger partial charge on any atom is -0.507 e. The summed E-state index contributed by atoms with van der Waals surface area (Å²) in [5, 5.41) is 17.4. The van der Waals surface area contributed by atoms with Gasteiger partial charge in [0.15, 0.2) is 0 Å². The first kappa shape index (κ1) is 12.2. The molecule has 0 bridgehead atoms. The van der Waals surface area contributed by atoms with Crippen molar-refractivity contribution in [1.29, 1.82) is 0 Å². The molecule has 2 aromatic heterocycles. The van der Waals surface area contributed by atoms with Crippen LogP contribution in [0.4, 0.5) is 11.8 Å². The van der Waals surface area contributed by atoms with Gasteiger partial charge in [-0.05, 0) is 19.1 Å². The Bertz CT molecular complexity index is 769. The second-order valence-electron chi connectivity index (χ2n) is 4.38. The summed E-state index contributed by atoms with van der Waals surface area (Å²) >= 11 is 0. The van der Waals surface area contributed by atoms with Crippen LogP contribution in [-0.2, 0) is 6.54 Å². The third-order valence-corrected chi connectivity index (χ3v) is 2.83. The molecule has 0 aliphatic heterocycles. The third-order valence-electron chi connectivity index (χ3n) is 2.83. The highest BCUT2D eigenvalue weighted by atomic mass is 16.5. The molecule has 102 valence electrons. The number of phenols is 1. The second kappa shape index (κ2) is 4.69. The quantitative estimate of drug-likeness (QED) is 0.666. The van der Waals surface area contributed by atoms with Gasteiger partial charge in [0.2, 0.25) is 5.95 Å². The van der Waals surface area contributed by atoms with E-state index < -0.39 is 0 Å². The van der Waals surface area contributed by atoms with Gasteiger partial charge in [0.25, 0.3) is 0 Å². The molecular formula is C13H13N5O2. The van der Waals surface area contributed by atoms with Gasteiger partial charge in [-0.25, -0.2) is 4.98 Å². The predicted molar refractivity (Wildman–Crippen MR) is 74.2 cm³/mol. The number of rotatable bonds is 3. The van der Waals surface area contributed by atoms with Crippen molar-refractivity contribution in [3.05, 3.63) is 35.7 Å². The Hall–Kier alpha value is -2.83. The second-order valence-corrected chi connectivity index (χ2v) is 4.38. The molecule has 3 rings (SSSR count). The molecule has 0 saturated carbocycles. The number of nitrogens with two attached hydrogens (primary N) is 1. The van der Waals surface area contributed by atoms with E-state index in [0.717, 1.165) is 11.5 Å². The highest BCUT2D eigenvalue weighted by molar-refractivity contribution is 5.95. The number of aromatic hydroxyl groups is 1. The fourth-order valence-corrected chi connectivity index (χ4v) is 1.99. The molecule has 4 N–H and O–H groups in total. The lowest BCUT2D eigenvalue weighted by atomic mass is 10.2. The lowest BCUT2D eigenvalue weighted by molar-refractivity contribution is 0.391. The summed E-state index contributed by atoms with van der Waals surface area (Å²) in [7, 11) is 0. The molecule has 0 spiro atoms. The number of anilines is 2. The van der Waals surface area contributed by atoms with Crippen LogP contribution in [0, 0.1) is 6.92 Å². The number of aryl methyl sites for hydroxylation is 1. The van der Waals surface area contributed by atoms with Crippen molar-refractivity contribution in [2.45, 2.75) is 13.5 Å². The Morgan fingerprint density at radius 1 is 1.35 bits per heavy atom. The molecule has 1 aromatic carbocycles. The number of nitrogens with zero attached hydrogens (tertiary/aromatic N) is 3. The Balaban J connectivity index is 1.98. The maximum absolute atomic E-state index is 9.95. The summed E-state index contributed by atoms with van der Waals surface area (Å²) in [6.45, 7) is 2.23. The number of nitrogens with one attached hydrogen (secondary N) is 1. The van der Waals surface area contributed by atoms with E-state index >= 15 is 0 Å². The Labute approximate surface area is 114 Å². The predicted octanol–water partition coefficient (Wildman–Crippen LogP) is 1.83. The van der Waals surface area contributed by atoms with Crippen LogP contribution in [0.1, 0.15) is 11.5 Å². The standard InChI is InChI=1S/C13H13N5O2/c1-7-5-8(18-20-7)6-15-12-11-9(16-13(14)17-12)3-2-4-10(11)19/h2-5,19H,6H2,1H3,(H3,14,15,16,17). The molecule has 3 aromatic rings. The maximum atomic E-state index is 9.95. The fraction of sp³-hybridized carbons (Fsp3) is 0.154. The van der Waals surface area contributed by atoms with Crippen molar-refractivity contribution in [3.63, 3.8) is 0 Å². The molecule has 2 heterocycles. The molecule has 20 heavy (non-hydrogen) atoms. The highest BCUT2D eigenvalue weighted by Gasteiger charge is 2.10. The van der Waals surface area contributed by atoms with Gasteiger partial charge in [-0.3, -0.25) is 0 Å². The smallest absolute Gasteiger partial charge is 0.222 e. The average molecular weight is 271 g/mol. The first-order chi connectivity index (χ1) is 9.63. The fourth-order valence-electron chi connectivity index (χ4n) is 1.99. The van der Waals surface area contributed by atoms with Gasteiger partial charge in [0, 0.05) is 6.07 Å². The zero-order valence-electron chi connectivity index (χ0n) is 10.8. The molecule has 0 atom stereocenters. The van der Waals surface area contributed by atoms with Gasteiger partial charge in [0.05, 0.1) is 17.4 Å². The molecule has 0 aliphatic rings. The Morgan fingerprint density at radius 3 is 2.95 bits per heavy atom. The van der Waals surface area contributed by atoms with Crippen LogP contribution in [-0.4, -0.2) is 20.2 Å². The van der Waals surface area contributed by atoms with Crippen LogP contribution in [0.2, 0.25) is 0 Å². The van der Waals surface area contributed by atoms with Gasteiger partial charge in [-0.1, -0.05) is 11.2 Å². The van der Waals surface area contributed by atoms with E-state index in [0.29, 0.717) is 23.3 Å². The van der Waals surface area contributed by atoms with Crippen LogP contribution >= 0.6 is 0 Å². The van der Waals surface area contributed by atoms with E-state index in [1.165, 1.54) is 0 Å². The number of phenolic OH excluding ortho intramolecular Hbond substituents is 1. The van der Waals surface area contributed by atoms with E-state index in [1.807, 2.05) is 13.0 Å². The molecule has 7 nitrogen and oxygen atoms in total. The zero-order chi connectivity index (χ0) is 14.1. The van der Waals surface area contributed by atoms with Crippen molar-refractivity contribution in [1.82, 2.24) is 15.1 Å². The van der Waals surface area contributed by atoms with E-state index in [-0.39, 0.29) is 11.7 Å². The molecular weight excluding hydrogens is 258 g/mol. The van der Waals surface area contributed by atoms with Crippen molar-refractivity contribution in [3.8, 4) is 5.75 Å². The summed E-state index contributed by atoms with van der Waals surface area (Å²) < 4.78 is 4.99. The minimum atomic E-state index is 0.0985. The molecule has 0 unspecified atom stereocenters. The maximum Gasteiger partial charge on any atom is 0.222 e. The number of hydrogen-bond donors (Lipinski definition) is 3. The number of fused-ring (bicyclic) bond motifs is 1. The first-order valence-corrected chi connectivity index (χ1v) is 6.05. The number of benzene rings is 1. The van der Waals surface area contributed by atoms with Crippen LogP contribution < -0.4 is 11.1 Å². The summed E-state index contributed by atoms with van der Waals surface area (Å²) in [4.78, 5) is 8.21. The van der Waals surface area contributed by atoms with Crippen molar-refractivity contribution in [2.75, 3.05) is 11.1 Å². The van der Waals surface area contributed by atoms with Crippen molar-refractivity contribution < 1.29 is 9.63 Å². The van der Waals surface area contributed by atoms with E-state index in [2.05, 4.69) is 20.4 Å². The minimum absolute atomic E-state index is 0.0985.